The van der Waals surface area contributed by atoms with E-state index in [0.29, 0.717) is 54.6 Å². The molecule has 4 heterocycles. The summed E-state index contributed by atoms with van der Waals surface area (Å²) < 4.78 is 99.1. The molecule has 2 aromatic heterocycles. The lowest BCUT2D eigenvalue weighted by molar-refractivity contribution is -0.205. The van der Waals surface area contributed by atoms with Gasteiger partial charge in [-0.25, -0.2) is 14.6 Å². The maximum absolute atomic E-state index is 13.2. The van der Waals surface area contributed by atoms with Crippen LogP contribution in [0.3, 0.4) is 0 Å². The lowest BCUT2D eigenvalue weighted by Crippen LogP contribution is -2.58. The lowest BCUT2D eigenvalue weighted by Gasteiger charge is -2.47. The molecule has 0 unspecified atom stereocenters. The number of aromatic amines is 1. The largest absolute Gasteiger partial charge is 0.494 e. The molecular weight excluding hydrogens is 809 g/mol. The van der Waals surface area contributed by atoms with Crippen molar-refractivity contribution in [3.8, 4) is 11.5 Å². The molecule has 0 aliphatic carbocycles. The van der Waals surface area contributed by atoms with E-state index in [-0.39, 0.29) is 33.8 Å². The van der Waals surface area contributed by atoms with Crippen molar-refractivity contribution in [1.29, 1.82) is 0 Å². The van der Waals surface area contributed by atoms with Crippen molar-refractivity contribution in [1.82, 2.24) is 25.1 Å². The highest BCUT2D eigenvalue weighted by Crippen LogP contribution is 2.36. The van der Waals surface area contributed by atoms with Crippen molar-refractivity contribution in [3.63, 3.8) is 0 Å². The molecule has 0 radical (unpaired) electrons. The van der Waals surface area contributed by atoms with E-state index in [0.717, 1.165) is 56.0 Å². The maximum atomic E-state index is 13.2. The lowest BCUT2D eigenvalue weighted by atomic mass is 9.89. The Labute approximate surface area is 328 Å². The van der Waals surface area contributed by atoms with Gasteiger partial charge in [-0.05, 0) is 56.0 Å². The fraction of sp³-hybridized carbons (Fsp3) is 0.472. The zero-order chi connectivity index (χ0) is 41.0. The molecule has 2 aliphatic rings. The third-order valence-corrected chi connectivity index (χ3v) is 11.1. The molecule has 21 heteroatoms. The van der Waals surface area contributed by atoms with Gasteiger partial charge in [-0.1, -0.05) is 23.5 Å². The fourth-order valence-electron chi connectivity index (χ4n) is 6.59. The second-order valence-electron chi connectivity index (χ2n) is 13.5. The van der Waals surface area contributed by atoms with Gasteiger partial charge in [0.15, 0.2) is 5.75 Å². The summed E-state index contributed by atoms with van der Waals surface area (Å²) in [6.45, 7) is 6.08. The number of H-pyrrole nitrogens is 1. The Hall–Kier alpha value is -4.57. The predicted octanol–water partition coefficient (Wildman–Crippen LogP) is 5.53. The number of thiazole rings is 2. The number of fused-ring (bicyclic) bond motifs is 1. The van der Waals surface area contributed by atoms with E-state index in [1.54, 1.807) is 29.6 Å². The normalized spacial score (nSPS) is 16.8. The third-order valence-electron chi connectivity index (χ3n) is 9.44. The molecule has 2 saturated heterocycles. The van der Waals surface area contributed by atoms with Crippen LogP contribution in [0.15, 0.2) is 46.6 Å². The number of alkyl halides is 6. The number of likely N-dealkylation sites (tertiary alicyclic amines) is 1. The molecule has 2 fully saturated rings. The molecule has 1 amide bonds. The van der Waals surface area contributed by atoms with Crippen LogP contribution in [0.5, 0.6) is 11.5 Å². The van der Waals surface area contributed by atoms with E-state index < -0.39 is 47.6 Å². The maximum Gasteiger partial charge on any atom is 0.491 e. The van der Waals surface area contributed by atoms with Crippen LogP contribution in [0.1, 0.15) is 52.0 Å². The summed E-state index contributed by atoms with van der Waals surface area (Å²) >= 11 is 1.88. The minimum Gasteiger partial charge on any atom is -0.494 e. The smallest absolute Gasteiger partial charge is 0.491 e. The molecular formula is C36H37F6N5O8S2. The predicted molar refractivity (Wildman–Crippen MR) is 194 cm³/mol. The number of amides is 1. The van der Waals surface area contributed by atoms with E-state index in [4.69, 9.17) is 14.2 Å². The van der Waals surface area contributed by atoms with Crippen LogP contribution < -0.4 is 19.7 Å². The molecule has 1 spiro atoms. The highest BCUT2D eigenvalue weighted by atomic mass is 32.1. The quantitative estimate of drug-likeness (QED) is 0.0756. The van der Waals surface area contributed by atoms with E-state index in [9.17, 15) is 45.5 Å². The number of ether oxygens (including phenoxy) is 4. The van der Waals surface area contributed by atoms with Crippen LogP contribution in [-0.2, 0) is 25.6 Å². The molecule has 0 bridgehead atoms. The summed E-state index contributed by atoms with van der Waals surface area (Å²) in [5.41, 5.74) is 0.294. The average Bonchev–Trinajstić information content (AvgIpc) is 3.78. The SMILES string of the molecule is Cc1nc(C(=O)N2CCOC3(CCN(CCCOc4ccc(CNC[C@H](OC(=O)C(F)(F)F)c5ccc(OC(=O)C(F)(F)F)c6[nH]c(=O)sc56)cc4)CC3)C2)cs1. The number of aryl methyl sites for hydroxylation is 1. The number of nitrogens with one attached hydrogen (secondary N) is 2. The van der Waals surface area contributed by atoms with Gasteiger partial charge < -0.3 is 39.0 Å². The summed E-state index contributed by atoms with van der Waals surface area (Å²) in [6.07, 6.45) is -10.0. The van der Waals surface area contributed by atoms with Crippen LogP contribution >= 0.6 is 22.7 Å². The van der Waals surface area contributed by atoms with E-state index in [1.807, 2.05) is 11.8 Å². The number of hydrogen-bond donors (Lipinski definition) is 2. The summed E-state index contributed by atoms with van der Waals surface area (Å²) in [7, 11) is 0. The summed E-state index contributed by atoms with van der Waals surface area (Å²) in [5.74, 6) is -5.25. The number of carbonyl (C=O) groups excluding carboxylic acids is 3. The van der Waals surface area contributed by atoms with Gasteiger partial charge in [-0.2, -0.15) is 26.3 Å². The van der Waals surface area contributed by atoms with Crippen LogP contribution in [-0.4, -0.2) is 108 Å². The number of nitrogens with zero attached hydrogens (tertiary/aromatic N) is 3. The zero-order valence-corrected chi connectivity index (χ0v) is 31.9. The first-order chi connectivity index (χ1) is 27.0. The number of esters is 2. The Morgan fingerprint density at radius 1 is 1.02 bits per heavy atom. The van der Waals surface area contributed by atoms with Crippen molar-refractivity contribution in [2.24, 2.45) is 0 Å². The van der Waals surface area contributed by atoms with Gasteiger partial charge in [0.05, 0.1) is 35.1 Å². The van der Waals surface area contributed by atoms with Crippen LogP contribution in [0.2, 0.25) is 0 Å². The molecule has 2 aliphatic heterocycles. The minimum absolute atomic E-state index is 0.0597. The van der Waals surface area contributed by atoms with Crippen molar-refractivity contribution >= 4 is 50.7 Å². The molecule has 308 valence electrons. The van der Waals surface area contributed by atoms with Gasteiger partial charge >= 0.3 is 29.2 Å². The van der Waals surface area contributed by atoms with E-state index >= 15 is 0 Å². The number of aromatic nitrogens is 2. The van der Waals surface area contributed by atoms with Crippen molar-refractivity contribution in [3.05, 3.63) is 73.3 Å². The zero-order valence-electron chi connectivity index (χ0n) is 30.3. The van der Waals surface area contributed by atoms with Crippen molar-refractivity contribution in [2.45, 2.75) is 56.8 Å². The average molecular weight is 846 g/mol. The van der Waals surface area contributed by atoms with Gasteiger partial charge in [0.25, 0.3) is 5.91 Å². The monoisotopic (exact) mass is 845 g/mol. The van der Waals surface area contributed by atoms with Gasteiger partial charge in [0, 0.05) is 50.2 Å². The number of piperidine rings is 1. The number of morpholine rings is 1. The first kappa shape index (κ1) is 42.0. The van der Waals surface area contributed by atoms with Crippen molar-refractivity contribution < 1.29 is 59.7 Å². The second kappa shape index (κ2) is 17.5. The first-order valence-electron chi connectivity index (χ1n) is 17.7. The molecule has 2 aromatic carbocycles. The Kier molecular flexibility index (Phi) is 12.9. The summed E-state index contributed by atoms with van der Waals surface area (Å²) in [6, 6.07) is 8.79. The highest BCUT2D eigenvalue weighted by Gasteiger charge is 2.44. The third kappa shape index (κ3) is 10.7. The summed E-state index contributed by atoms with van der Waals surface area (Å²) in [4.78, 5) is 58.3. The number of halogens is 6. The number of benzene rings is 2. The minimum atomic E-state index is -5.37. The number of carbonyl (C=O) groups is 3. The second-order valence-corrected chi connectivity index (χ2v) is 15.5. The molecule has 6 rings (SSSR count). The Balaban J connectivity index is 0.973. The molecule has 13 nitrogen and oxygen atoms in total. The number of hydrogen-bond acceptors (Lipinski definition) is 13. The highest BCUT2D eigenvalue weighted by molar-refractivity contribution is 7.16. The molecule has 2 N–H and O–H groups in total. The number of rotatable bonds is 13. The van der Waals surface area contributed by atoms with Gasteiger partial charge in [0.2, 0.25) is 0 Å². The van der Waals surface area contributed by atoms with E-state index in [2.05, 4.69) is 24.9 Å². The van der Waals surface area contributed by atoms with Crippen LogP contribution in [0, 0.1) is 6.92 Å². The van der Waals surface area contributed by atoms with Gasteiger partial charge in [0.1, 0.15) is 23.1 Å². The molecule has 0 saturated carbocycles. The van der Waals surface area contributed by atoms with Crippen molar-refractivity contribution in [2.75, 3.05) is 52.5 Å². The van der Waals surface area contributed by atoms with E-state index in [1.165, 1.54) is 11.3 Å². The van der Waals surface area contributed by atoms with Crippen LogP contribution in [0.25, 0.3) is 10.2 Å². The summed E-state index contributed by atoms with van der Waals surface area (Å²) in [5, 5.41) is 5.55. The molecule has 1 atom stereocenters. The molecule has 57 heavy (non-hydrogen) atoms. The Morgan fingerprint density at radius 2 is 1.74 bits per heavy atom. The van der Waals surface area contributed by atoms with Gasteiger partial charge in [-0.3, -0.25) is 9.59 Å². The topological polar surface area (TPSA) is 152 Å². The standard InChI is InChI=1S/C36H37F6N5O8S2/c1-21-44-25(19-56-21)30(48)47-14-16-53-34(20-47)9-12-46(13-10-34)11-2-15-52-23-5-3-22(4-6-23)17-43-18-27(55-32(50)36(40,41)42)24-7-8-26(54-31(49)35(37,38)39)28-29(24)57-33(51)45-28/h3-8,19,27,43H,2,9-18,20H2,1H3,(H,45,51)/t27-/m0/s1. The van der Waals surface area contributed by atoms with Crippen LogP contribution in [0.4, 0.5) is 26.3 Å². The fourth-order valence-corrected chi connectivity index (χ4v) is 8.09. The Morgan fingerprint density at radius 3 is 2.40 bits per heavy atom. The molecule has 4 aromatic rings. The van der Waals surface area contributed by atoms with Gasteiger partial charge in [-0.15, -0.1) is 11.3 Å². The first-order valence-corrected chi connectivity index (χ1v) is 19.4. The Bertz CT molecular complexity index is 2110.